The molecule has 1 saturated carbocycles. The van der Waals surface area contributed by atoms with Gasteiger partial charge in [-0.2, -0.15) is 0 Å². The quantitative estimate of drug-likeness (QED) is 0.216. The van der Waals surface area contributed by atoms with Gasteiger partial charge in [0, 0.05) is 33.8 Å². The molecule has 0 radical (unpaired) electrons. The van der Waals surface area contributed by atoms with E-state index in [0.717, 1.165) is 41.2 Å². The first kappa shape index (κ1) is 27.9. The van der Waals surface area contributed by atoms with Crippen LogP contribution in [-0.2, 0) is 10.2 Å². The van der Waals surface area contributed by atoms with Gasteiger partial charge in [-0.3, -0.25) is 4.98 Å². The van der Waals surface area contributed by atoms with E-state index in [2.05, 4.69) is 120 Å². The molecule has 5 aromatic rings. The molecule has 2 atom stereocenters. The first-order valence-electron chi connectivity index (χ1n) is 15.9. The van der Waals surface area contributed by atoms with Crippen LogP contribution in [0.3, 0.4) is 0 Å². The maximum atomic E-state index is 6.68. The number of aryl methyl sites for hydroxylation is 1. The van der Waals surface area contributed by atoms with E-state index in [-0.39, 0.29) is 17.1 Å². The molecule has 1 aliphatic carbocycles. The summed E-state index contributed by atoms with van der Waals surface area (Å²) in [5.41, 5.74) is 10.4. The molecule has 4 nitrogen and oxygen atoms in total. The molecule has 3 aromatic carbocycles. The van der Waals surface area contributed by atoms with Crippen molar-refractivity contribution in [3.8, 4) is 16.9 Å². The number of ether oxygens (including phenoxy) is 1. The van der Waals surface area contributed by atoms with E-state index < -0.39 is 0 Å². The highest BCUT2D eigenvalue weighted by atomic mass is 16.5. The van der Waals surface area contributed by atoms with Crippen molar-refractivity contribution in [2.24, 2.45) is 4.99 Å². The lowest BCUT2D eigenvalue weighted by Gasteiger charge is -2.33. The van der Waals surface area contributed by atoms with Crippen molar-refractivity contribution in [2.45, 2.75) is 97.1 Å². The number of fused-ring (bicyclic) bond motifs is 4. The lowest BCUT2D eigenvalue weighted by Crippen LogP contribution is -2.39. The lowest BCUT2D eigenvalue weighted by molar-refractivity contribution is 0.0447. The van der Waals surface area contributed by atoms with Crippen LogP contribution in [0.2, 0.25) is 0 Å². The zero-order chi connectivity index (χ0) is 30.1. The highest BCUT2D eigenvalue weighted by Crippen LogP contribution is 2.41. The van der Waals surface area contributed by atoms with Crippen molar-refractivity contribution in [1.82, 2.24) is 9.55 Å². The number of nitrogens with zero attached hydrogens (tertiary/aromatic N) is 3. The van der Waals surface area contributed by atoms with E-state index in [1.165, 1.54) is 51.3 Å². The molecule has 0 bridgehead atoms. The number of pyridine rings is 1. The lowest BCUT2D eigenvalue weighted by atomic mass is 9.82. The van der Waals surface area contributed by atoms with Gasteiger partial charge in [0.2, 0.25) is 5.90 Å². The fourth-order valence-electron chi connectivity index (χ4n) is 6.98. The van der Waals surface area contributed by atoms with Crippen LogP contribution in [0.1, 0.15) is 95.4 Å². The van der Waals surface area contributed by atoms with Gasteiger partial charge in [0.25, 0.3) is 0 Å². The van der Waals surface area contributed by atoms with Crippen LogP contribution >= 0.6 is 0 Å². The third-order valence-electron chi connectivity index (χ3n) is 9.66. The molecular formula is C39H43N3O. The Hall–Kier alpha value is -3.92. The van der Waals surface area contributed by atoms with E-state index in [0.29, 0.717) is 5.92 Å². The summed E-state index contributed by atoms with van der Waals surface area (Å²) in [6.07, 6.45) is 6.56. The van der Waals surface area contributed by atoms with Crippen molar-refractivity contribution >= 4 is 27.7 Å². The Morgan fingerprint density at radius 3 is 2.49 bits per heavy atom. The fourth-order valence-corrected chi connectivity index (χ4v) is 6.98. The van der Waals surface area contributed by atoms with Crippen molar-refractivity contribution in [2.75, 3.05) is 0 Å². The molecule has 2 aromatic heterocycles. The van der Waals surface area contributed by atoms with E-state index >= 15 is 0 Å². The largest absolute Gasteiger partial charge is 0.469 e. The SMILES string of the molecule is Cc1ccc2c(c1)c1ccc(-c3cc(C(C)(C)C)ccn3)cc1n2-c1cc(C2=N[C@H]3CCCC[C@]3(C)O2)cc(C(C)C)c1. The molecule has 0 unspecified atom stereocenters. The first-order valence-corrected chi connectivity index (χ1v) is 15.9. The van der Waals surface area contributed by atoms with Crippen LogP contribution in [0.4, 0.5) is 0 Å². The predicted octanol–water partition coefficient (Wildman–Crippen LogP) is 10.1. The van der Waals surface area contributed by atoms with Crippen LogP contribution in [0, 0.1) is 6.92 Å². The Labute approximate surface area is 255 Å². The van der Waals surface area contributed by atoms with Crippen molar-refractivity contribution in [3.05, 3.63) is 95.2 Å². The molecule has 0 saturated heterocycles. The Morgan fingerprint density at radius 2 is 1.72 bits per heavy atom. The minimum atomic E-state index is -0.185. The predicted molar refractivity (Wildman–Crippen MR) is 180 cm³/mol. The van der Waals surface area contributed by atoms with Gasteiger partial charge >= 0.3 is 0 Å². The number of benzene rings is 3. The maximum Gasteiger partial charge on any atom is 0.217 e. The zero-order valence-electron chi connectivity index (χ0n) is 26.7. The molecule has 0 N–H and O–H groups in total. The van der Waals surface area contributed by atoms with E-state index in [1.807, 2.05) is 6.20 Å². The summed E-state index contributed by atoms with van der Waals surface area (Å²) in [4.78, 5) is 9.97. The van der Waals surface area contributed by atoms with Gasteiger partial charge in [-0.1, -0.05) is 64.8 Å². The van der Waals surface area contributed by atoms with E-state index in [9.17, 15) is 0 Å². The van der Waals surface area contributed by atoms with Crippen LogP contribution in [0.15, 0.2) is 77.9 Å². The Balaban J connectivity index is 1.45. The highest BCUT2D eigenvalue weighted by molar-refractivity contribution is 6.10. The molecule has 7 rings (SSSR count). The normalized spacial score (nSPS) is 20.5. The second-order valence-corrected chi connectivity index (χ2v) is 14.3. The Morgan fingerprint density at radius 1 is 0.884 bits per heavy atom. The Bertz CT molecular complexity index is 1900. The molecule has 0 spiro atoms. The minimum Gasteiger partial charge on any atom is -0.469 e. The summed E-state index contributed by atoms with van der Waals surface area (Å²) >= 11 is 0. The third-order valence-corrected chi connectivity index (χ3v) is 9.66. The molecule has 1 aliphatic heterocycles. The number of hydrogen-bond acceptors (Lipinski definition) is 3. The van der Waals surface area contributed by atoms with Crippen LogP contribution in [0.25, 0.3) is 38.8 Å². The molecule has 220 valence electrons. The molecular weight excluding hydrogens is 526 g/mol. The molecule has 43 heavy (non-hydrogen) atoms. The van der Waals surface area contributed by atoms with Crippen molar-refractivity contribution in [1.29, 1.82) is 0 Å². The second-order valence-electron chi connectivity index (χ2n) is 14.3. The standard InChI is InChI=1S/C39H43N3O/c1-24(2)27-19-28(37-41-36-10-8-9-16-39(36,7)43-37)21-30(20-27)42-34-14-11-25(3)18-32(34)31-13-12-26(22-35(31)42)33-23-29(15-17-40-33)38(4,5)6/h11-15,17-24,36H,8-10,16H2,1-7H3/t36-,39-/m0/s1. The molecule has 4 heteroatoms. The second kappa shape index (κ2) is 10.1. The average Bonchev–Trinajstić information content (AvgIpc) is 3.50. The molecule has 3 heterocycles. The van der Waals surface area contributed by atoms with Gasteiger partial charge in [0.15, 0.2) is 0 Å². The monoisotopic (exact) mass is 569 g/mol. The van der Waals surface area contributed by atoms with Gasteiger partial charge in [-0.15, -0.1) is 0 Å². The van der Waals surface area contributed by atoms with Crippen LogP contribution in [-0.4, -0.2) is 27.1 Å². The minimum absolute atomic E-state index is 0.0570. The zero-order valence-corrected chi connectivity index (χ0v) is 26.7. The first-order chi connectivity index (χ1) is 20.5. The van der Waals surface area contributed by atoms with Gasteiger partial charge in [0.1, 0.15) is 5.60 Å². The summed E-state index contributed by atoms with van der Waals surface area (Å²) in [6, 6.07) is 25.2. The number of rotatable bonds is 4. The third kappa shape index (κ3) is 4.85. The molecule has 2 aliphatic rings. The summed E-state index contributed by atoms with van der Waals surface area (Å²) in [5, 5.41) is 2.52. The fraction of sp³-hybridized carbons (Fsp3) is 0.385. The number of aliphatic imine (C=N–C) groups is 1. The summed E-state index contributed by atoms with van der Waals surface area (Å²) in [6.45, 7) is 15.7. The van der Waals surface area contributed by atoms with Gasteiger partial charge in [-0.25, -0.2) is 4.99 Å². The van der Waals surface area contributed by atoms with Crippen LogP contribution in [0.5, 0.6) is 0 Å². The topological polar surface area (TPSA) is 39.4 Å². The summed E-state index contributed by atoms with van der Waals surface area (Å²) in [5.74, 6) is 1.17. The average molecular weight is 570 g/mol. The molecule has 1 fully saturated rings. The Kier molecular flexibility index (Phi) is 6.54. The van der Waals surface area contributed by atoms with Gasteiger partial charge < -0.3 is 9.30 Å². The van der Waals surface area contributed by atoms with Crippen molar-refractivity contribution in [3.63, 3.8) is 0 Å². The smallest absolute Gasteiger partial charge is 0.217 e. The maximum absolute atomic E-state index is 6.68. The van der Waals surface area contributed by atoms with Crippen molar-refractivity contribution < 1.29 is 4.74 Å². The summed E-state index contributed by atoms with van der Waals surface area (Å²) < 4.78 is 9.12. The number of hydrogen-bond donors (Lipinski definition) is 0. The van der Waals surface area contributed by atoms with E-state index in [4.69, 9.17) is 14.7 Å². The highest BCUT2D eigenvalue weighted by Gasteiger charge is 2.44. The van der Waals surface area contributed by atoms with Crippen LogP contribution < -0.4 is 0 Å². The summed E-state index contributed by atoms with van der Waals surface area (Å²) in [7, 11) is 0. The van der Waals surface area contributed by atoms with Gasteiger partial charge in [0.05, 0.1) is 22.8 Å². The number of aromatic nitrogens is 2. The molecule has 0 amide bonds. The van der Waals surface area contributed by atoms with Gasteiger partial charge in [-0.05, 0) is 104 Å². The van der Waals surface area contributed by atoms with E-state index in [1.54, 1.807) is 0 Å².